The van der Waals surface area contributed by atoms with Gasteiger partial charge in [0.2, 0.25) is 0 Å². The van der Waals surface area contributed by atoms with Gasteiger partial charge in [0.1, 0.15) is 0 Å². The molecule has 3 heteroatoms. The van der Waals surface area contributed by atoms with E-state index < -0.39 is 11.3 Å². The van der Waals surface area contributed by atoms with Gasteiger partial charge in [-0.15, -0.1) is 0 Å². The van der Waals surface area contributed by atoms with Crippen LogP contribution in [0.3, 0.4) is 0 Å². The molecule has 1 fully saturated rings. The van der Waals surface area contributed by atoms with Crippen LogP contribution in [0, 0.1) is 5.41 Å². The first-order chi connectivity index (χ1) is 4.02. The Morgan fingerprint density at radius 2 is 2.00 bits per heavy atom. The zero-order valence-electron chi connectivity index (χ0n) is 5.67. The molecule has 0 radical (unpaired) electrons. The van der Waals surface area contributed by atoms with Crippen LogP contribution in [0.4, 0.5) is 8.78 Å². The SMILES string of the molecule is CNCC1(C)CC1(F)F. The lowest BCUT2D eigenvalue weighted by Crippen LogP contribution is -2.22. The van der Waals surface area contributed by atoms with Gasteiger partial charge in [0.15, 0.2) is 0 Å². The van der Waals surface area contributed by atoms with Crippen LogP contribution in [0.5, 0.6) is 0 Å². The molecule has 1 rings (SSSR count). The van der Waals surface area contributed by atoms with Gasteiger partial charge in [0.25, 0.3) is 5.92 Å². The zero-order chi connectivity index (χ0) is 7.12. The van der Waals surface area contributed by atoms with Gasteiger partial charge in [-0.25, -0.2) is 8.78 Å². The van der Waals surface area contributed by atoms with E-state index in [2.05, 4.69) is 5.32 Å². The van der Waals surface area contributed by atoms with Crippen LogP contribution in [-0.2, 0) is 0 Å². The van der Waals surface area contributed by atoms with Crippen molar-refractivity contribution in [2.75, 3.05) is 13.6 Å². The molecular weight excluding hydrogens is 124 g/mol. The molecule has 0 bridgehead atoms. The summed E-state index contributed by atoms with van der Waals surface area (Å²) in [5.74, 6) is -2.41. The Bertz CT molecular complexity index is 124. The molecule has 0 saturated heterocycles. The van der Waals surface area contributed by atoms with Crippen LogP contribution in [0.15, 0.2) is 0 Å². The van der Waals surface area contributed by atoms with Crippen molar-refractivity contribution in [3.63, 3.8) is 0 Å². The summed E-state index contributed by atoms with van der Waals surface area (Å²) >= 11 is 0. The van der Waals surface area contributed by atoms with Gasteiger partial charge >= 0.3 is 0 Å². The van der Waals surface area contributed by atoms with Crippen LogP contribution in [0.1, 0.15) is 13.3 Å². The van der Waals surface area contributed by atoms with Crippen LogP contribution >= 0.6 is 0 Å². The second kappa shape index (κ2) is 1.66. The number of hydrogen-bond donors (Lipinski definition) is 1. The highest BCUT2D eigenvalue weighted by molar-refractivity contribution is 5.07. The maximum absolute atomic E-state index is 12.3. The van der Waals surface area contributed by atoms with E-state index in [1.807, 2.05) is 0 Å². The number of nitrogens with one attached hydrogen (secondary N) is 1. The average Bonchev–Trinajstić information content (AvgIpc) is 2.07. The normalized spacial score (nSPS) is 38.7. The minimum atomic E-state index is -2.41. The van der Waals surface area contributed by atoms with Gasteiger partial charge in [-0.05, 0) is 7.05 Å². The van der Waals surface area contributed by atoms with E-state index in [9.17, 15) is 8.78 Å². The Labute approximate surface area is 53.4 Å². The van der Waals surface area contributed by atoms with Gasteiger partial charge in [-0.1, -0.05) is 6.92 Å². The highest BCUT2D eigenvalue weighted by Crippen LogP contribution is 2.59. The highest BCUT2D eigenvalue weighted by atomic mass is 19.3. The monoisotopic (exact) mass is 135 g/mol. The largest absolute Gasteiger partial charge is 0.319 e. The molecule has 1 atom stereocenters. The first-order valence-corrected chi connectivity index (χ1v) is 3.04. The van der Waals surface area contributed by atoms with Crippen molar-refractivity contribution in [1.29, 1.82) is 0 Å². The molecule has 1 unspecified atom stereocenters. The van der Waals surface area contributed by atoms with Gasteiger partial charge in [0.05, 0.1) is 0 Å². The maximum atomic E-state index is 12.3. The Morgan fingerprint density at radius 1 is 1.56 bits per heavy atom. The smallest absolute Gasteiger partial charge is 0.255 e. The molecule has 0 aromatic heterocycles. The van der Waals surface area contributed by atoms with Crippen molar-refractivity contribution in [2.45, 2.75) is 19.3 Å². The summed E-state index contributed by atoms with van der Waals surface area (Å²) in [5.41, 5.74) is -0.748. The van der Waals surface area contributed by atoms with E-state index in [0.29, 0.717) is 6.54 Å². The Morgan fingerprint density at radius 3 is 2.11 bits per heavy atom. The summed E-state index contributed by atoms with van der Waals surface area (Å²) in [7, 11) is 1.69. The van der Waals surface area contributed by atoms with Crippen molar-refractivity contribution in [3.8, 4) is 0 Å². The lowest BCUT2D eigenvalue weighted by Gasteiger charge is -2.06. The fourth-order valence-electron chi connectivity index (χ4n) is 1.03. The molecular formula is C6H11F2N. The lowest BCUT2D eigenvalue weighted by atomic mass is 10.1. The number of alkyl halides is 2. The van der Waals surface area contributed by atoms with Crippen molar-refractivity contribution in [2.24, 2.45) is 5.41 Å². The van der Waals surface area contributed by atoms with Crippen molar-refractivity contribution >= 4 is 0 Å². The van der Waals surface area contributed by atoms with Crippen molar-refractivity contribution < 1.29 is 8.78 Å². The van der Waals surface area contributed by atoms with E-state index in [4.69, 9.17) is 0 Å². The number of rotatable bonds is 2. The maximum Gasteiger partial charge on any atom is 0.255 e. The molecule has 1 saturated carbocycles. The molecule has 9 heavy (non-hydrogen) atoms. The molecule has 0 aromatic carbocycles. The lowest BCUT2D eigenvalue weighted by molar-refractivity contribution is 0.0705. The first-order valence-electron chi connectivity index (χ1n) is 3.04. The Hall–Kier alpha value is -0.180. The van der Waals surface area contributed by atoms with Gasteiger partial charge in [-0.2, -0.15) is 0 Å². The Balaban J connectivity index is 2.42. The number of hydrogen-bond acceptors (Lipinski definition) is 1. The van der Waals surface area contributed by atoms with Gasteiger partial charge in [-0.3, -0.25) is 0 Å². The van der Waals surface area contributed by atoms with E-state index in [1.165, 1.54) is 0 Å². The summed E-state index contributed by atoms with van der Waals surface area (Å²) in [5, 5.41) is 2.75. The molecule has 1 nitrogen and oxygen atoms in total. The van der Waals surface area contributed by atoms with Gasteiger partial charge in [0, 0.05) is 18.4 Å². The van der Waals surface area contributed by atoms with Gasteiger partial charge < -0.3 is 5.32 Å². The summed E-state index contributed by atoms with van der Waals surface area (Å²) in [6.45, 7) is 2.02. The zero-order valence-corrected chi connectivity index (χ0v) is 5.67. The quantitative estimate of drug-likeness (QED) is 0.601. The molecule has 54 valence electrons. The standard InChI is InChI=1S/C6H11F2N/c1-5(4-9-2)3-6(5,7)8/h9H,3-4H2,1-2H3. The van der Waals surface area contributed by atoms with E-state index in [1.54, 1.807) is 14.0 Å². The van der Waals surface area contributed by atoms with E-state index >= 15 is 0 Å². The predicted molar refractivity (Wildman–Crippen MR) is 31.6 cm³/mol. The highest BCUT2D eigenvalue weighted by Gasteiger charge is 2.67. The molecule has 1 aliphatic carbocycles. The third-order valence-corrected chi connectivity index (χ3v) is 1.94. The molecule has 1 N–H and O–H groups in total. The van der Waals surface area contributed by atoms with Crippen molar-refractivity contribution in [1.82, 2.24) is 5.32 Å². The average molecular weight is 135 g/mol. The van der Waals surface area contributed by atoms with Crippen LogP contribution in [-0.4, -0.2) is 19.5 Å². The summed E-state index contributed by atoms with van der Waals surface area (Å²) in [4.78, 5) is 0. The molecule has 1 aliphatic rings. The summed E-state index contributed by atoms with van der Waals surface area (Å²) in [6.07, 6.45) is 0.0425. The fourth-order valence-corrected chi connectivity index (χ4v) is 1.03. The molecule has 0 heterocycles. The van der Waals surface area contributed by atoms with Crippen molar-refractivity contribution in [3.05, 3.63) is 0 Å². The van der Waals surface area contributed by atoms with Crippen LogP contribution in [0.25, 0.3) is 0 Å². The van der Waals surface area contributed by atoms with E-state index in [-0.39, 0.29) is 6.42 Å². The fraction of sp³-hybridized carbons (Fsp3) is 1.00. The summed E-state index contributed by atoms with van der Waals surface area (Å²) < 4.78 is 24.7. The molecule has 0 spiro atoms. The molecule has 0 aliphatic heterocycles. The minimum absolute atomic E-state index is 0.0425. The molecule has 0 amide bonds. The van der Waals surface area contributed by atoms with Crippen LogP contribution < -0.4 is 5.32 Å². The second-order valence-corrected chi connectivity index (χ2v) is 2.97. The summed E-state index contributed by atoms with van der Waals surface area (Å²) in [6, 6.07) is 0. The topological polar surface area (TPSA) is 12.0 Å². The minimum Gasteiger partial charge on any atom is -0.319 e. The third kappa shape index (κ3) is 0.936. The third-order valence-electron chi connectivity index (χ3n) is 1.94. The Kier molecular flexibility index (Phi) is 1.28. The number of halogens is 2. The van der Waals surface area contributed by atoms with Crippen LogP contribution in [0.2, 0.25) is 0 Å². The van der Waals surface area contributed by atoms with E-state index in [0.717, 1.165) is 0 Å². The predicted octanol–water partition coefficient (Wildman–Crippen LogP) is 1.25. The first kappa shape index (κ1) is 6.93. The second-order valence-electron chi connectivity index (χ2n) is 2.97. The molecule has 0 aromatic rings.